The summed E-state index contributed by atoms with van der Waals surface area (Å²) in [6, 6.07) is 5.62. The van der Waals surface area contributed by atoms with E-state index in [2.05, 4.69) is 5.32 Å². The zero-order valence-electron chi connectivity index (χ0n) is 11.0. The molecule has 0 fully saturated rings. The van der Waals surface area contributed by atoms with Crippen molar-refractivity contribution < 1.29 is 18.7 Å². The molecule has 0 unspecified atom stereocenters. The van der Waals surface area contributed by atoms with Crippen molar-refractivity contribution in [1.82, 2.24) is 4.90 Å². The highest BCUT2D eigenvalue weighted by atomic mass is 19.1. The van der Waals surface area contributed by atoms with E-state index in [9.17, 15) is 14.0 Å². The number of carbonyl (C=O) groups excluding carboxylic acids is 2. The quantitative estimate of drug-likeness (QED) is 0.789. The molecule has 0 spiro atoms. The highest BCUT2D eigenvalue weighted by Crippen LogP contribution is 2.08. The van der Waals surface area contributed by atoms with Gasteiger partial charge in [0.2, 0.25) is 5.91 Å². The second-order valence-corrected chi connectivity index (χ2v) is 4.04. The molecule has 104 valence electrons. The maximum atomic E-state index is 12.9. The van der Waals surface area contributed by atoms with E-state index in [-0.39, 0.29) is 25.0 Å². The lowest BCUT2D eigenvalue weighted by atomic mass is 10.3. The van der Waals surface area contributed by atoms with E-state index in [0.29, 0.717) is 12.3 Å². The number of anilines is 1. The van der Waals surface area contributed by atoms with Gasteiger partial charge in [-0.15, -0.1) is 0 Å². The Morgan fingerprint density at radius 3 is 2.74 bits per heavy atom. The van der Waals surface area contributed by atoms with Crippen molar-refractivity contribution in [3.8, 4) is 0 Å². The molecule has 0 saturated carbocycles. The van der Waals surface area contributed by atoms with E-state index in [1.54, 1.807) is 20.0 Å². The lowest BCUT2D eigenvalue weighted by Crippen LogP contribution is -2.34. The maximum absolute atomic E-state index is 12.9. The molecule has 1 N–H and O–H groups in total. The fourth-order valence-corrected chi connectivity index (χ4v) is 1.49. The largest absolute Gasteiger partial charge is 0.465 e. The van der Waals surface area contributed by atoms with Crippen molar-refractivity contribution in [3.63, 3.8) is 0 Å². The Kier molecular flexibility index (Phi) is 5.95. The molecular formula is C13H17FN2O3. The summed E-state index contributed by atoms with van der Waals surface area (Å²) in [6.07, 6.45) is 0. The topological polar surface area (TPSA) is 58.6 Å². The molecular weight excluding hydrogens is 251 g/mol. The van der Waals surface area contributed by atoms with Crippen LogP contribution in [0.5, 0.6) is 0 Å². The van der Waals surface area contributed by atoms with Crippen LogP contribution in [0.25, 0.3) is 0 Å². The van der Waals surface area contributed by atoms with Gasteiger partial charge in [0.25, 0.3) is 0 Å². The van der Waals surface area contributed by atoms with Gasteiger partial charge in [0.05, 0.1) is 19.7 Å². The number of ether oxygens (including phenoxy) is 1. The third-order valence-corrected chi connectivity index (χ3v) is 2.23. The third-order valence-electron chi connectivity index (χ3n) is 2.23. The van der Waals surface area contributed by atoms with Gasteiger partial charge >= 0.3 is 5.97 Å². The van der Waals surface area contributed by atoms with Gasteiger partial charge in [-0.1, -0.05) is 6.07 Å². The van der Waals surface area contributed by atoms with Crippen LogP contribution in [0.1, 0.15) is 6.92 Å². The van der Waals surface area contributed by atoms with E-state index in [1.807, 2.05) is 0 Å². The Balaban J connectivity index is 2.40. The zero-order valence-corrected chi connectivity index (χ0v) is 11.0. The molecule has 0 saturated heterocycles. The van der Waals surface area contributed by atoms with Crippen molar-refractivity contribution in [2.24, 2.45) is 0 Å². The number of likely N-dealkylation sites (N-methyl/N-ethyl adjacent to an activating group) is 1. The van der Waals surface area contributed by atoms with Crippen LogP contribution in [0.15, 0.2) is 24.3 Å². The smallest absolute Gasteiger partial charge is 0.320 e. The van der Waals surface area contributed by atoms with Crippen LogP contribution in [-0.2, 0) is 14.3 Å². The standard InChI is InChI=1S/C13H17FN2O3/c1-3-19-13(18)9-16(2)8-12(17)15-11-6-4-5-10(14)7-11/h4-7H,3,8-9H2,1-2H3,(H,15,17). The average molecular weight is 268 g/mol. The van der Waals surface area contributed by atoms with Crippen LogP contribution >= 0.6 is 0 Å². The fraction of sp³-hybridized carbons (Fsp3) is 0.385. The molecule has 6 heteroatoms. The Morgan fingerprint density at radius 1 is 1.37 bits per heavy atom. The molecule has 1 rings (SSSR count). The summed E-state index contributed by atoms with van der Waals surface area (Å²) < 4.78 is 17.7. The van der Waals surface area contributed by atoms with Crippen LogP contribution < -0.4 is 5.32 Å². The number of nitrogens with zero attached hydrogens (tertiary/aromatic N) is 1. The summed E-state index contributed by atoms with van der Waals surface area (Å²) in [5.74, 6) is -1.13. The molecule has 0 aliphatic heterocycles. The first kappa shape index (κ1) is 15.1. The summed E-state index contributed by atoms with van der Waals surface area (Å²) in [5.41, 5.74) is 0.384. The van der Waals surface area contributed by atoms with Crippen molar-refractivity contribution >= 4 is 17.6 Å². The molecule has 0 aliphatic carbocycles. The van der Waals surface area contributed by atoms with Crippen molar-refractivity contribution in [3.05, 3.63) is 30.1 Å². The Morgan fingerprint density at radius 2 is 2.11 bits per heavy atom. The lowest BCUT2D eigenvalue weighted by Gasteiger charge is -2.15. The minimum Gasteiger partial charge on any atom is -0.465 e. The van der Waals surface area contributed by atoms with Gasteiger partial charge in [0.15, 0.2) is 0 Å². The minimum atomic E-state index is -0.419. The minimum absolute atomic E-state index is 0.0231. The second kappa shape index (κ2) is 7.48. The predicted molar refractivity (Wildman–Crippen MR) is 69.2 cm³/mol. The highest BCUT2D eigenvalue weighted by Gasteiger charge is 2.11. The molecule has 0 aromatic heterocycles. The first-order chi connectivity index (χ1) is 9.01. The number of carbonyl (C=O) groups is 2. The Labute approximate surface area is 111 Å². The molecule has 0 bridgehead atoms. The number of nitrogens with one attached hydrogen (secondary N) is 1. The summed E-state index contributed by atoms with van der Waals surface area (Å²) >= 11 is 0. The second-order valence-electron chi connectivity index (χ2n) is 4.04. The van der Waals surface area contributed by atoms with Gasteiger partial charge in [-0.3, -0.25) is 14.5 Å². The number of hydrogen-bond donors (Lipinski definition) is 1. The van der Waals surface area contributed by atoms with Crippen LogP contribution in [0.3, 0.4) is 0 Å². The summed E-state index contributed by atoms with van der Waals surface area (Å²) in [5, 5.41) is 2.55. The van der Waals surface area contributed by atoms with Gasteiger partial charge in [-0.05, 0) is 32.2 Å². The molecule has 1 aromatic carbocycles. The number of amides is 1. The molecule has 1 aromatic rings. The van der Waals surface area contributed by atoms with E-state index >= 15 is 0 Å². The first-order valence-corrected chi connectivity index (χ1v) is 5.91. The molecule has 0 aliphatic rings. The summed E-state index contributed by atoms with van der Waals surface area (Å²) in [4.78, 5) is 24.4. The maximum Gasteiger partial charge on any atom is 0.320 e. The van der Waals surface area contributed by atoms with Crippen molar-refractivity contribution in [1.29, 1.82) is 0 Å². The summed E-state index contributed by atoms with van der Waals surface area (Å²) in [6.45, 7) is 2.08. The average Bonchev–Trinajstić information content (AvgIpc) is 2.28. The van der Waals surface area contributed by atoms with E-state index in [1.165, 1.54) is 23.1 Å². The van der Waals surface area contributed by atoms with Crippen molar-refractivity contribution in [2.75, 3.05) is 32.1 Å². The molecule has 1 amide bonds. The van der Waals surface area contributed by atoms with Gasteiger partial charge < -0.3 is 10.1 Å². The van der Waals surface area contributed by atoms with Crippen LogP contribution in [0.2, 0.25) is 0 Å². The first-order valence-electron chi connectivity index (χ1n) is 5.91. The fourth-order valence-electron chi connectivity index (χ4n) is 1.49. The number of rotatable bonds is 6. The lowest BCUT2D eigenvalue weighted by molar-refractivity contribution is -0.144. The highest BCUT2D eigenvalue weighted by molar-refractivity contribution is 5.92. The van der Waals surface area contributed by atoms with Gasteiger partial charge in [0, 0.05) is 5.69 Å². The molecule has 0 atom stereocenters. The molecule has 0 heterocycles. The SMILES string of the molecule is CCOC(=O)CN(C)CC(=O)Nc1cccc(F)c1. The molecule has 19 heavy (non-hydrogen) atoms. The predicted octanol–water partition coefficient (Wildman–Crippen LogP) is 1.26. The monoisotopic (exact) mass is 268 g/mol. The Hall–Kier alpha value is -1.95. The van der Waals surface area contributed by atoms with Crippen LogP contribution in [-0.4, -0.2) is 43.5 Å². The van der Waals surface area contributed by atoms with E-state index in [4.69, 9.17) is 4.74 Å². The van der Waals surface area contributed by atoms with Crippen molar-refractivity contribution in [2.45, 2.75) is 6.92 Å². The zero-order chi connectivity index (χ0) is 14.3. The van der Waals surface area contributed by atoms with Gasteiger partial charge in [-0.2, -0.15) is 0 Å². The van der Waals surface area contributed by atoms with E-state index < -0.39 is 5.82 Å². The van der Waals surface area contributed by atoms with Gasteiger partial charge in [0.1, 0.15) is 5.82 Å². The molecule has 0 radical (unpaired) electrons. The number of halogens is 1. The van der Waals surface area contributed by atoms with Gasteiger partial charge in [-0.25, -0.2) is 4.39 Å². The molecule has 5 nitrogen and oxygen atoms in total. The summed E-state index contributed by atoms with van der Waals surface area (Å²) in [7, 11) is 1.63. The number of hydrogen-bond acceptors (Lipinski definition) is 4. The van der Waals surface area contributed by atoms with Crippen LogP contribution in [0.4, 0.5) is 10.1 Å². The Bertz CT molecular complexity index is 451. The van der Waals surface area contributed by atoms with E-state index in [0.717, 1.165) is 0 Å². The van der Waals surface area contributed by atoms with Crippen LogP contribution in [0, 0.1) is 5.82 Å². The normalized spacial score (nSPS) is 10.3. The third kappa shape index (κ3) is 5.96. The number of benzene rings is 1. The number of esters is 1.